The first-order valence-corrected chi connectivity index (χ1v) is 8.85. The first kappa shape index (κ1) is 19.6. The van der Waals surface area contributed by atoms with E-state index in [4.69, 9.17) is 14.2 Å². The maximum absolute atomic E-state index is 12.8. The minimum atomic E-state index is -4.43. The van der Waals surface area contributed by atoms with Crippen LogP contribution >= 0.6 is 0 Å². The molecular formula is C19H24F3NO4. The van der Waals surface area contributed by atoms with E-state index >= 15 is 0 Å². The molecule has 1 aromatic carbocycles. The number of carbonyl (C=O) groups is 1. The van der Waals surface area contributed by atoms with Gasteiger partial charge in [0.15, 0.2) is 11.5 Å². The lowest BCUT2D eigenvalue weighted by atomic mass is 10.2. The molecule has 1 amide bonds. The number of hydrogen-bond donors (Lipinski definition) is 0. The Morgan fingerprint density at radius 2 is 1.78 bits per heavy atom. The maximum atomic E-state index is 12.8. The minimum absolute atomic E-state index is 0.0611. The Balaban J connectivity index is 1.52. The van der Waals surface area contributed by atoms with Crippen molar-refractivity contribution in [2.24, 2.45) is 17.8 Å². The van der Waals surface area contributed by atoms with Gasteiger partial charge in [-0.25, -0.2) is 4.79 Å². The minimum Gasteiger partial charge on any atom is -0.493 e. The number of amides is 1. The summed E-state index contributed by atoms with van der Waals surface area (Å²) < 4.78 is 54.5. The zero-order chi connectivity index (χ0) is 20.0. The molecule has 8 heteroatoms. The summed E-state index contributed by atoms with van der Waals surface area (Å²) >= 11 is 0. The summed E-state index contributed by atoms with van der Waals surface area (Å²) in [4.78, 5) is 13.8. The third-order valence-corrected chi connectivity index (χ3v) is 4.95. The van der Waals surface area contributed by atoms with E-state index in [0.717, 1.165) is 12.1 Å². The number of benzene rings is 1. The molecule has 0 bridgehead atoms. The van der Waals surface area contributed by atoms with E-state index in [-0.39, 0.29) is 17.8 Å². The van der Waals surface area contributed by atoms with E-state index in [0.29, 0.717) is 37.3 Å². The molecule has 0 spiro atoms. The molecule has 1 aromatic rings. The van der Waals surface area contributed by atoms with Gasteiger partial charge in [0.05, 0.1) is 19.3 Å². The van der Waals surface area contributed by atoms with Crippen molar-refractivity contribution in [1.29, 1.82) is 0 Å². The highest BCUT2D eigenvalue weighted by atomic mass is 19.4. The molecule has 0 aromatic heterocycles. The number of hydrogen-bond acceptors (Lipinski definition) is 4. The van der Waals surface area contributed by atoms with Crippen molar-refractivity contribution in [3.63, 3.8) is 0 Å². The molecule has 1 aliphatic heterocycles. The molecule has 2 aliphatic rings. The summed E-state index contributed by atoms with van der Waals surface area (Å²) in [7, 11) is 1.31. The molecule has 150 valence electrons. The number of piperidine rings is 1. The van der Waals surface area contributed by atoms with Gasteiger partial charge in [0, 0.05) is 19.0 Å². The fourth-order valence-corrected chi connectivity index (χ4v) is 3.52. The molecule has 1 unspecified atom stereocenters. The van der Waals surface area contributed by atoms with Crippen LogP contribution in [0.3, 0.4) is 0 Å². The van der Waals surface area contributed by atoms with Crippen LogP contribution in [0.25, 0.3) is 0 Å². The number of ether oxygens (including phenoxy) is 3. The van der Waals surface area contributed by atoms with Crippen LogP contribution < -0.4 is 9.47 Å². The fourth-order valence-electron chi connectivity index (χ4n) is 3.52. The van der Waals surface area contributed by atoms with Crippen molar-refractivity contribution >= 4 is 6.09 Å². The summed E-state index contributed by atoms with van der Waals surface area (Å²) in [5, 5.41) is 0. The molecule has 3 rings (SSSR count). The molecule has 2 fully saturated rings. The number of rotatable bonds is 4. The zero-order valence-corrected chi connectivity index (χ0v) is 15.8. The Kier molecular flexibility index (Phi) is 4.94. The molecule has 1 saturated heterocycles. The van der Waals surface area contributed by atoms with Crippen molar-refractivity contribution in [1.82, 2.24) is 4.90 Å². The molecule has 0 radical (unpaired) electrons. The highest BCUT2D eigenvalue weighted by Crippen LogP contribution is 2.52. The highest BCUT2D eigenvalue weighted by Gasteiger charge is 2.57. The van der Waals surface area contributed by atoms with E-state index in [1.165, 1.54) is 13.2 Å². The highest BCUT2D eigenvalue weighted by molar-refractivity contribution is 5.69. The van der Waals surface area contributed by atoms with Crippen LogP contribution in [-0.4, -0.2) is 43.4 Å². The van der Waals surface area contributed by atoms with Crippen LogP contribution in [0, 0.1) is 17.8 Å². The van der Waals surface area contributed by atoms with Gasteiger partial charge in [-0.15, -0.1) is 0 Å². The first-order valence-electron chi connectivity index (χ1n) is 8.85. The lowest BCUT2D eigenvalue weighted by Gasteiger charge is -2.26. The van der Waals surface area contributed by atoms with E-state index < -0.39 is 17.3 Å². The number of carbonyl (C=O) groups excluding carboxylic acids is 1. The van der Waals surface area contributed by atoms with Gasteiger partial charge in [-0.2, -0.15) is 13.2 Å². The number of likely N-dealkylation sites (tertiary alicyclic amines) is 1. The van der Waals surface area contributed by atoms with Gasteiger partial charge in [-0.1, -0.05) is 0 Å². The van der Waals surface area contributed by atoms with E-state index in [2.05, 4.69) is 0 Å². The number of alkyl halides is 3. The van der Waals surface area contributed by atoms with Crippen LogP contribution in [0.2, 0.25) is 0 Å². The van der Waals surface area contributed by atoms with Crippen molar-refractivity contribution in [3.05, 3.63) is 23.8 Å². The Morgan fingerprint density at radius 1 is 1.15 bits per heavy atom. The lowest BCUT2D eigenvalue weighted by Crippen LogP contribution is -2.37. The Bertz CT molecular complexity index is 702. The van der Waals surface area contributed by atoms with Crippen LogP contribution in [0.15, 0.2) is 18.2 Å². The Morgan fingerprint density at radius 3 is 2.30 bits per heavy atom. The maximum Gasteiger partial charge on any atom is 0.416 e. The molecule has 5 nitrogen and oxygen atoms in total. The van der Waals surface area contributed by atoms with E-state index in [1.807, 2.05) is 20.8 Å². The SMILES string of the molecule is COc1cc(C(F)(F)F)ccc1OCC1[C@H]2CN(C(=O)OC(C)(C)C)C[C@@H]12. The van der Waals surface area contributed by atoms with Crippen molar-refractivity contribution in [2.45, 2.75) is 32.5 Å². The van der Waals surface area contributed by atoms with Gasteiger partial charge in [0.1, 0.15) is 5.60 Å². The van der Waals surface area contributed by atoms with Gasteiger partial charge in [-0.3, -0.25) is 0 Å². The zero-order valence-electron chi connectivity index (χ0n) is 15.8. The topological polar surface area (TPSA) is 48.0 Å². The van der Waals surface area contributed by atoms with Gasteiger partial charge in [-0.05, 0) is 50.8 Å². The Labute approximate surface area is 156 Å². The number of halogens is 3. The molecular weight excluding hydrogens is 363 g/mol. The molecule has 1 heterocycles. The average molecular weight is 387 g/mol. The lowest BCUT2D eigenvalue weighted by molar-refractivity contribution is -0.137. The molecule has 27 heavy (non-hydrogen) atoms. The molecule has 0 N–H and O–H groups in total. The Hall–Kier alpha value is -2.12. The summed E-state index contributed by atoms with van der Waals surface area (Å²) in [5.41, 5.74) is -1.30. The van der Waals surface area contributed by atoms with Crippen molar-refractivity contribution in [3.8, 4) is 11.5 Å². The average Bonchev–Trinajstić information content (AvgIpc) is 2.99. The van der Waals surface area contributed by atoms with Crippen LogP contribution in [0.4, 0.5) is 18.0 Å². The summed E-state index contributed by atoms with van der Waals surface area (Å²) in [6, 6.07) is 3.20. The predicted octanol–water partition coefficient (Wildman–Crippen LogP) is 4.21. The molecule has 3 atom stereocenters. The van der Waals surface area contributed by atoms with Crippen LogP contribution in [-0.2, 0) is 10.9 Å². The third-order valence-electron chi connectivity index (χ3n) is 4.95. The summed E-state index contributed by atoms with van der Waals surface area (Å²) in [5.74, 6) is 1.33. The second-order valence-corrected chi connectivity index (χ2v) is 8.05. The van der Waals surface area contributed by atoms with Gasteiger partial charge >= 0.3 is 12.3 Å². The van der Waals surface area contributed by atoms with E-state index in [9.17, 15) is 18.0 Å². The van der Waals surface area contributed by atoms with Crippen molar-refractivity contribution in [2.75, 3.05) is 26.8 Å². The van der Waals surface area contributed by atoms with Gasteiger partial charge in [0.25, 0.3) is 0 Å². The first-order chi connectivity index (χ1) is 12.5. The van der Waals surface area contributed by atoms with Crippen LogP contribution in [0.5, 0.6) is 11.5 Å². The number of methoxy groups -OCH3 is 1. The quantitative estimate of drug-likeness (QED) is 0.777. The predicted molar refractivity (Wildman–Crippen MR) is 91.8 cm³/mol. The third kappa shape index (κ3) is 4.42. The molecule has 1 aliphatic carbocycles. The van der Waals surface area contributed by atoms with Gasteiger partial charge in [0.2, 0.25) is 0 Å². The molecule has 1 saturated carbocycles. The summed E-state index contributed by atoms with van der Waals surface area (Å²) in [6.07, 6.45) is -4.73. The van der Waals surface area contributed by atoms with Crippen LogP contribution in [0.1, 0.15) is 26.3 Å². The standard InChI is InChI=1S/C19H24F3NO4/c1-18(2,3)27-17(24)23-8-12-13(9-23)14(12)10-26-15-6-5-11(19(20,21)22)7-16(15)25-4/h5-7,12-14H,8-10H2,1-4H3/t12-,13+,14?. The summed E-state index contributed by atoms with van der Waals surface area (Å²) in [6.45, 7) is 7.12. The number of fused-ring (bicyclic) bond motifs is 1. The van der Waals surface area contributed by atoms with E-state index in [1.54, 1.807) is 4.90 Å². The van der Waals surface area contributed by atoms with Gasteiger partial charge < -0.3 is 19.1 Å². The number of nitrogens with zero attached hydrogens (tertiary/aromatic N) is 1. The smallest absolute Gasteiger partial charge is 0.416 e. The van der Waals surface area contributed by atoms with Crippen molar-refractivity contribution < 1.29 is 32.2 Å². The second kappa shape index (κ2) is 6.80. The fraction of sp³-hybridized carbons (Fsp3) is 0.632. The normalized spacial score (nSPS) is 24.4. The monoisotopic (exact) mass is 387 g/mol. The second-order valence-electron chi connectivity index (χ2n) is 8.05. The largest absolute Gasteiger partial charge is 0.493 e.